The summed E-state index contributed by atoms with van der Waals surface area (Å²) in [6.07, 6.45) is -0.856. The zero-order chi connectivity index (χ0) is 17.8. The summed E-state index contributed by atoms with van der Waals surface area (Å²) < 4.78 is 5.07. The first kappa shape index (κ1) is 18.3. The van der Waals surface area contributed by atoms with E-state index in [2.05, 4.69) is 5.32 Å². The summed E-state index contributed by atoms with van der Waals surface area (Å²) in [7, 11) is 3.62. The molecule has 124 valence electrons. The van der Waals surface area contributed by atoms with Crippen molar-refractivity contribution in [1.82, 2.24) is 5.32 Å². The van der Waals surface area contributed by atoms with Gasteiger partial charge in [0.25, 0.3) is 0 Å². The lowest BCUT2D eigenvalue weighted by Gasteiger charge is -2.23. The summed E-state index contributed by atoms with van der Waals surface area (Å²) in [5.41, 5.74) is 0.391. The molecule has 7 nitrogen and oxygen atoms in total. The van der Waals surface area contributed by atoms with Crippen LogP contribution in [0.2, 0.25) is 0 Å². The van der Waals surface area contributed by atoms with Gasteiger partial charge in [-0.3, -0.25) is 0 Å². The van der Waals surface area contributed by atoms with Crippen LogP contribution in [0.5, 0.6) is 0 Å². The van der Waals surface area contributed by atoms with E-state index in [0.29, 0.717) is 0 Å². The molecule has 2 N–H and O–H groups in total. The average molecular weight is 319 g/mol. The molecule has 0 aliphatic rings. The lowest BCUT2D eigenvalue weighted by Crippen LogP contribution is -2.38. The Hall–Kier alpha value is -2.75. The van der Waals surface area contributed by atoms with Gasteiger partial charge in [0.05, 0.1) is 11.6 Å². The number of hydrogen-bond acceptors (Lipinski definition) is 5. The fraction of sp³-hybridized carbons (Fsp3) is 0.438. The lowest BCUT2D eigenvalue weighted by atomic mass is 10.00. The molecule has 0 saturated heterocycles. The van der Waals surface area contributed by atoms with Crippen molar-refractivity contribution in [2.45, 2.75) is 32.4 Å². The zero-order valence-corrected chi connectivity index (χ0v) is 13.9. The molecule has 1 atom stereocenters. The molecule has 0 spiro atoms. The van der Waals surface area contributed by atoms with E-state index in [1.165, 1.54) is 6.07 Å². The summed E-state index contributed by atoms with van der Waals surface area (Å²) in [5.74, 6) is -1.27. The number of alkyl carbamates (subject to hydrolysis) is 1. The Bertz CT molecular complexity index is 642. The Morgan fingerprint density at radius 1 is 1.35 bits per heavy atom. The molecule has 7 heteroatoms. The highest BCUT2D eigenvalue weighted by Gasteiger charge is 2.27. The number of ether oxygens (including phenoxy) is 1. The van der Waals surface area contributed by atoms with E-state index in [1.807, 2.05) is 20.2 Å². The molecule has 0 fully saturated rings. The topological polar surface area (TPSA) is 103 Å². The summed E-state index contributed by atoms with van der Waals surface area (Å²) in [5, 5.41) is 20.9. The standard InChI is InChI=1S/C16H21N3O4/c1-16(2,3)23-15(22)18-13(14(20)21)12-7-6-11(19(4)5)8-10(12)9-17/h6-8,13H,1-5H3,(H,18,22)(H,20,21). The van der Waals surface area contributed by atoms with Gasteiger partial charge in [0, 0.05) is 25.3 Å². The minimum Gasteiger partial charge on any atom is -0.479 e. The van der Waals surface area contributed by atoms with Gasteiger partial charge >= 0.3 is 12.1 Å². The van der Waals surface area contributed by atoms with Crippen molar-refractivity contribution in [3.63, 3.8) is 0 Å². The van der Waals surface area contributed by atoms with Crippen molar-refractivity contribution >= 4 is 17.7 Å². The second-order valence-corrected chi connectivity index (χ2v) is 6.20. The predicted octanol–water partition coefficient (Wildman–Crippen LogP) is 2.27. The zero-order valence-electron chi connectivity index (χ0n) is 13.9. The maximum atomic E-state index is 11.8. The van der Waals surface area contributed by atoms with Crippen molar-refractivity contribution in [3.05, 3.63) is 29.3 Å². The highest BCUT2D eigenvalue weighted by molar-refractivity contribution is 5.82. The third kappa shape index (κ3) is 5.18. The third-order valence-electron chi connectivity index (χ3n) is 2.89. The maximum absolute atomic E-state index is 11.8. The number of aliphatic carboxylic acids is 1. The van der Waals surface area contributed by atoms with Crippen molar-refractivity contribution < 1.29 is 19.4 Å². The van der Waals surface area contributed by atoms with Crippen molar-refractivity contribution in [3.8, 4) is 6.07 Å². The van der Waals surface area contributed by atoms with E-state index in [-0.39, 0.29) is 11.1 Å². The van der Waals surface area contributed by atoms with Crippen molar-refractivity contribution in [2.75, 3.05) is 19.0 Å². The second kappa shape index (κ2) is 7.01. The molecule has 1 aromatic rings. The number of benzene rings is 1. The minimum absolute atomic E-state index is 0.180. The van der Waals surface area contributed by atoms with E-state index in [1.54, 1.807) is 37.8 Å². The predicted molar refractivity (Wildman–Crippen MR) is 85.2 cm³/mol. The molecular weight excluding hydrogens is 298 g/mol. The normalized spacial score (nSPS) is 12.0. The quantitative estimate of drug-likeness (QED) is 0.882. The fourth-order valence-corrected chi connectivity index (χ4v) is 1.87. The number of hydrogen-bond donors (Lipinski definition) is 2. The minimum atomic E-state index is -1.37. The van der Waals surface area contributed by atoms with Gasteiger partial charge in [-0.25, -0.2) is 9.59 Å². The van der Waals surface area contributed by atoms with Gasteiger partial charge in [-0.1, -0.05) is 6.07 Å². The number of carbonyl (C=O) groups is 2. The van der Waals surface area contributed by atoms with Crippen LogP contribution in [0.25, 0.3) is 0 Å². The number of nitriles is 1. The van der Waals surface area contributed by atoms with E-state index in [0.717, 1.165) is 5.69 Å². The Labute approximate surface area is 135 Å². The molecule has 1 amide bonds. The van der Waals surface area contributed by atoms with Gasteiger partial charge in [-0.2, -0.15) is 5.26 Å². The summed E-state index contributed by atoms with van der Waals surface area (Å²) in [4.78, 5) is 25.1. The van der Waals surface area contributed by atoms with Crippen LogP contribution in [0.3, 0.4) is 0 Å². The van der Waals surface area contributed by atoms with Gasteiger partial charge in [0.2, 0.25) is 0 Å². The van der Waals surface area contributed by atoms with Crippen molar-refractivity contribution in [1.29, 1.82) is 5.26 Å². The smallest absolute Gasteiger partial charge is 0.408 e. The van der Waals surface area contributed by atoms with E-state index < -0.39 is 23.7 Å². The lowest BCUT2D eigenvalue weighted by molar-refractivity contribution is -0.139. The van der Waals surface area contributed by atoms with Gasteiger partial charge in [0.1, 0.15) is 5.60 Å². The molecule has 1 unspecified atom stereocenters. The SMILES string of the molecule is CN(C)c1ccc(C(NC(=O)OC(C)(C)C)C(=O)O)c(C#N)c1. The van der Waals surface area contributed by atoms with Crippen LogP contribution in [0, 0.1) is 11.3 Å². The summed E-state index contributed by atoms with van der Waals surface area (Å²) in [6, 6.07) is 5.37. The molecule has 0 saturated carbocycles. The molecule has 1 aromatic carbocycles. The van der Waals surface area contributed by atoms with Crippen LogP contribution in [-0.2, 0) is 9.53 Å². The van der Waals surface area contributed by atoms with Crippen LogP contribution in [-0.4, -0.2) is 36.9 Å². The van der Waals surface area contributed by atoms with Crippen LogP contribution >= 0.6 is 0 Å². The number of carboxylic acid groups (broad SMARTS) is 1. The van der Waals surface area contributed by atoms with Crippen LogP contribution in [0.1, 0.15) is 37.9 Å². The van der Waals surface area contributed by atoms with E-state index >= 15 is 0 Å². The Kier molecular flexibility index (Phi) is 5.57. The molecule has 0 aromatic heterocycles. The number of nitrogens with one attached hydrogen (secondary N) is 1. The molecule has 1 rings (SSSR count). The molecule has 0 heterocycles. The fourth-order valence-electron chi connectivity index (χ4n) is 1.87. The Morgan fingerprint density at radius 3 is 2.39 bits per heavy atom. The molecule has 23 heavy (non-hydrogen) atoms. The third-order valence-corrected chi connectivity index (χ3v) is 2.89. The highest BCUT2D eigenvalue weighted by atomic mass is 16.6. The number of carboxylic acids is 1. The summed E-state index contributed by atoms with van der Waals surface area (Å²) in [6.45, 7) is 5.03. The molecule has 0 bridgehead atoms. The molecule has 0 aliphatic carbocycles. The van der Waals surface area contributed by atoms with E-state index in [9.17, 15) is 20.0 Å². The number of amides is 1. The van der Waals surface area contributed by atoms with Crippen LogP contribution in [0.15, 0.2) is 18.2 Å². The van der Waals surface area contributed by atoms with Gasteiger partial charge < -0.3 is 20.1 Å². The first-order chi connectivity index (χ1) is 10.5. The number of carbonyl (C=O) groups excluding carboxylic acids is 1. The number of anilines is 1. The molecule has 0 radical (unpaired) electrons. The summed E-state index contributed by atoms with van der Waals surface area (Å²) >= 11 is 0. The second-order valence-electron chi connectivity index (χ2n) is 6.20. The maximum Gasteiger partial charge on any atom is 0.408 e. The Balaban J connectivity index is 3.14. The van der Waals surface area contributed by atoms with Gasteiger partial charge in [0.15, 0.2) is 6.04 Å². The first-order valence-corrected chi connectivity index (χ1v) is 6.99. The first-order valence-electron chi connectivity index (χ1n) is 6.99. The van der Waals surface area contributed by atoms with Crippen LogP contribution in [0.4, 0.5) is 10.5 Å². The molecular formula is C16H21N3O4. The molecule has 0 aliphatic heterocycles. The van der Waals surface area contributed by atoms with E-state index in [4.69, 9.17) is 4.74 Å². The Morgan fingerprint density at radius 2 is 1.96 bits per heavy atom. The monoisotopic (exact) mass is 319 g/mol. The highest BCUT2D eigenvalue weighted by Crippen LogP contribution is 2.23. The largest absolute Gasteiger partial charge is 0.479 e. The average Bonchev–Trinajstić information content (AvgIpc) is 2.41. The number of nitrogens with zero attached hydrogens (tertiary/aromatic N) is 2. The van der Waals surface area contributed by atoms with Gasteiger partial charge in [-0.05, 0) is 32.9 Å². The van der Waals surface area contributed by atoms with Crippen molar-refractivity contribution in [2.24, 2.45) is 0 Å². The van der Waals surface area contributed by atoms with Crippen LogP contribution < -0.4 is 10.2 Å². The van der Waals surface area contributed by atoms with Gasteiger partial charge in [-0.15, -0.1) is 0 Å². The number of rotatable bonds is 4.